The van der Waals surface area contributed by atoms with Gasteiger partial charge in [-0.2, -0.15) is 0 Å². The number of rotatable bonds is 6. The Bertz CT molecular complexity index is 1230. The Morgan fingerprint density at radius 1 is 0.812 bits per heavy atom. The molecule has 1 aliphatic rings. The average molecular weight is 432 g/mol. The Balaban J connectivity index is 1.76. The standard InChI is InChI=1S/C25H24N2O5/c1-2-3-4-11-32-14-7-5-13(6-8-14)15-12-17(27)20-22(23(15)29)25(31)19-16(26)9-10-18(28)21(19)24(20)30/h5-10,12,28-29H,2-4,11,26-27H2,1H3. The second kappa shape index (κ2) is 8.26. The van der Waals surface area contributed by atoms with E-state index in [0.29, 0.717) is 23.5 Å². The topological polar surface area (TPSA) is 136 Å². The molecule has 0 fully saturated rings. The number of nitrogen functional groups attached to an aromatic ring is 2. The van der Waals surface area contributed by atoms with E-state index in [0.717, 1.165) is 19.3 Å². The van der Waals surface area contributed by atoms with Gasteiger partial charge in [0, 0.05) is 16.9 Å². The molecule has 7 heteroatoms. The van der Waals surface area contributed by atoms with Crippen LogP contribution < -0.4 is 16.2 Å². The maximum absolute atomic E-state index is 13.2. The van der Waals surface area contributed by atoms with Crippen LogP contribution in [0.25, 0.3) is 11.1 Å². The summed E-state index contributed by atoms with van der Waals surface area (Å²) in [6.45, 7) is 2.74. The van der Waals surface area contributed by atoms with E-state index in [-0.39, 0.29) is 45.1 Å². The summed E-state index contributed by atoms with van der Waals surface area (Å²) < 4.78 is 5.71. The zero-order valence-corrected chi connectivity index (χ0v) is 17.6. The van der Waals surface area contributed by atoms with Gasteiger partial charge in [0.1, 0.15) is 17.2 Å². The third-order valence-electron chi connectivity index (χ3n) is 5.64. The van der Waals surface area contributed by atoms with Gasteiger partial charge in [0.2, 0.25) is 11.6 Å². The number of hydrogen-bond acceptors (Lipinski definition) is 7. The molecule has 3 aromatic carbocycles. The van der Waals surface area contributed by atoms with E-state index < -0.39 is 11.6 Å². The van der Waals surface area contributed by atoms with Gasteiger partial charge < -0.3 is 26.4 Å². The van der Waals surface area contributed by atoms with E-state index in [9.17, 15) is 19.8 Å². The smallest absolute Gasteiger partial charge is 0.200 e. The first kappa shape index (κ1) is 21.2. The van der Waals surface area contributed by atoms with Crippen LogP contribution in [-0.2, 0) is 0 Å². The molecule has 0 saturated carbocycles. The first-order valence-electron chi connectivity index (χ1n) is 10.4. The first-order valence-corrected chi connectivity index (χ1v) is 10.4. The molecule has 0 amide bonds. The summed E-state index contributed by atoms with van der Waals surface area (Å²) in [5.74, 6) is -1.36. The van der Waals surface area contributed by atoms with Crippen molar-refractivity contribution in [2.45, 2.75) is 26.2 Å². The fraction of sp³-hybridized carbons (Fsp3) is 0.200. The van der Waals surface area contributed by atoms with Crippen molar-refractivity contribution in [1.29, 1.82) is 0 Å². The van der Waals surface area contributed by atoms with Gasteiger partial charge in [-0.15, -0.1) is 0 Å². The Morgan fingerprint density at radius 2 is 1.47 bits per heavy atom. The van der Waals surface area contributed by atoms with Crippen LogP contribution in [0, 0.1) is 0 Å². The molecule has 0 heterocycles. The number of hydrogen-bond donors (Lipinski definition) is 4. The Labute approximate surface area is 185 Å². The van der Waals surface area contributed by atoms with Gasteiger partial charge in [-0.05, 0) is 42.3 Å². The van der Waals surface area contributed by atoms with Crippen LogP contribution in [0.15, 0.2) is 42.5 Å². The molecule has 0 spiro atoms. The molecule has 0 aliphatic heterocycles. The van der Waals surface area contributed by atoms with Crippen LogP contribution >= 0.6 is 0 Å². The van der Waals surface area contributed by atoms with Crippen molar-refractivity contribution in [3.63, 3.8) is 0 Å². The lowest BCUT2D eigenvalue weighted by Gasteiger charge is -2.23. The third-order valence-corrected chi connectivity index (χ3v) is 5.64. The van der Waals surface area contributed by atoms with E-state index >= 15 is 0 Å². The molecule has 32 heavy (non-hydrogen) atoms. The van der Waals surface area contributed by atoms with Gasteiger partial charge in [-0.1, -0.05) is 31.9 Å². The molecule has 4 rings (SSSR count). The number of carbonyl (C=O) groups excluding carboxylic acids is 2. The number of phenols is 2. The van der Waals surface area contributed by atoms with Gasteiger partial charge in [0.15, 0.2) is 0 Å². The molecule has 7 nitrogen and oxygen atoms in total. The number of benzene rings is 3. The molecule has 0 atom stereocenters. The minimum Gasteiger partial charge on any atom is -0.507 e. The van der Waals surface area contributed by atoms with Crippen LogP contribution in [0.1, 0.15) is 58.0 Å². The number of carbonyl (C=O) groups is 2. The summed E-state index contributed by atoms with van der Waals surface area (Å²) >= 11 is 0. The number of phenolic OH excluding ortho intramolecular Hbond substituents is 2. The van der Waals surface area contributed by atoms with Gasteiger partial charge in [0.25, 0.3) is 0 Å². The van der Waals surface area contributed by atoms with Crippen LogP contribution in [0.2, 0.25) is 0 Å². The van der Waals surface area contributed by atoms with Crippen molar-refractivity contribution >= 4 is 22.9 Å². The molecular weight excluding hydrogens is 408 g/mol. The van der Waals surface area contributed by atoms with Gasteiger partial charge in [-0.3, -0.25) is 9.59 Å². The number of unbranched alkanes of at least 4 members (excludes halogenated alkanes) is 2. The Morgan fingerprint density at radius 3 is 2.16 bits per heavy atom. The molecule has 0 saturated heterocycles. The second-order valence-electron chi connectivity index (χ2n) is 7.77. The highest BCUT2D eigenvalue weighted by Crippen LogP contribution is 2.45. The van der Waals surface area contributed by atoms with Crippen molar-refractivity contribution in [2.75, 3.05) is 18.1 Å². The lowest BCUT2D eigenvalue weighted by Crippen LogP contribution is -2.24. The molecule has 3 aromatic rings. The predicted octanol–water partition coefficient (Wildman–Crippen LogP) is 4.27. The number of ether oxygens (including phenoxy) is 1. The quantitative estimate of drug-likeness (QED) is 0.203. The van der Waals surface area contributed by atoms with Crippen molar-refractivity contribution < 1.29 is 24.5 Å². The SMILES string of the molecule is CCCCCOc1ccc(-c2cc(N)c3c(c2O)C(=O)c2c(N)ccc(O)c2C3=O)cc1. The molecule has 0 unspecified atom stereocenters. The summed E-state index contributed by atoms with van der Waals surface area (Å²) in [5, 5.41) is 21.2. The highest BCUT2D eigenvalue weighted by atomic mass is 16.5. The van der Waals surface area contributed by atoms with Gasteiger partial charge in [-0.25, -0.2) is 0 Å². The van der Waals surface area contributed by atoms with E-state index in [1.54, 1.807) is 24.3 Å². The number of anilines is 2. The lowest BCUT2D eigenvalue weighted by molar-refractivity contribution is 0.0975. The monoisotopic (exact) mass is 432 g/mol. The van der Waals surface area contributed by atoms with Crippen LogP contribution in [0.4, 0.5) is 11.4 Å². The summed E-state index contributed by atoms with van der Waals surface area (Å²) in [5.41, 5.74) is 12.4. The van der Waals surface area contributed by atoms with E-state index in [1.165, 1.54) is 18.2 Å². The normalized spacial score (nSPS) is 12.4. The molecule has 0 bridgehead atoms. The van der Waals surface area contributed by atoms with Crippen molar-refractivity contribution in [3.05, 3.63) is 64.7 Å². The summed E-state index contributed by atoms with van der Waals surface area (Å²) in [7, 11) is 0. The van der Waals surface area contributed by atoms with E-state index in [4.69, 9.17) is 16.2 Å². The lowest BCUT2D eigenvalue weighted by atomic mass is 9.80. The third kappa shape index (κ3) is 3.41. The largest absolute Gasteiger partial charge is 0.507 e. The molecule has 1 aliphatic carbocycles. The molecule has 0 radical (unpaired) electrons. The Hall–Kier alpha value is -4.00. The van der Waals surface area contributed by atoms with Crippen LogP contribution in [-0.4, -0.2) is 28.4 Å². The zero-order valence-electron chi connectivity index (χ0n) is 17.6. The molecule has 6 N–H and O–H groups in total. The minimum absolute atomic E-state index is 0.0264. The van der Waals surface area contributed by atoms with Gasteiger partial charge >= 0.3 is 0 Å². The van der Waals surface area contributed by atoms with E-state index in [1.807, 2.05) is 0 Å². The predicted molar refractivity (Wildman–Crippen MR) is 122 cm³/mol. The first-order chi connectivity index (χ1) is 15.3. The van der Waals surface area contributed by atoms with Crippen molar-refractivity contribution in [2.24, 2.45) is 0 Å². The summed E-state index contributed by atoms with van der Waals surface area (Å²) in [6, 6.07) is 11.1. The van der Waals surface area contributed by atoms with Crippen LogP contribution in [0.3, 0.4) is 0 Å². The number of ketones is 2. The maximum Gasteiger partial charge on any atom is 0.200 e. The maximum atomic E-state index is 13.2. The highest BCUT2D eigenvalue weighted by molar-refractivity contribution is 6.33. The molecular formula is C25H24N2O5. The highest BCUT2D eigenvalue weighted by Gasteiger charge is 2.38. The van der Waals surface area contributed by atoms with Crippen molar-refractivity contribution in [3.8, 4) is 28.4 Å². The molecule has 0 aromatic heterocycles. The zero-order chi connectivity index (χ0) is 23.0. The summed E-state index contributed by atoms with van der Waals surface area (Å²) in [4.78, 5) is 26.3. The summed E-state index contributed by atoms with van der Waals surface area (Å²) in [6.07, 6.45) is 3.17. The minimum atomic E-state index is -0.662. The van der Waals surface area contributed by atoms with Crippen LogP contribution in [0.5, 0.6) is 17.2 Å². The average Bonchev–Trinajstić information content (AvgIpc) is 2.78. The van der Waals surface area contributed by atoms with E-state index in [2.05, 4.69) is 6.92 Å². The number of nitrogens with two attached hydrogens (primary N) is 2. The van der Waals surface area contributed by atoms with Crippen molar-refractivity contribution in [1.82, 2.24) is 0 Å². The number of aromatic hydroxyl groups is 2. The molecule has 164 valence electrons. The second-order valence-corrected chi connectivity index (χ2v) is 7.77. The number of fused-ring (bicyclic) bond motifs is 2. The fourth-order valence-corrected chi connectivity index (χ4v) is 3.98. The fourth-order valence-electron chi connectivity index (χ4n) is 3.98. The Kier molecular flexibility index (Phi) is 5.48. The van der Waals surface area contributed by atoms with Gasteiger partial charge in [0.05, 0.1) is 28.9 Å².